The molecular formula is C8H14N2O. The number of rotatable bonds is 2. The minimum absolute atomic E-state index is 0.0127. The molecule has 0 aromatic carbocycles. The fourth-order valence-electron chi connectivity index (χ4n) is 1.29. The molecule has 1 saturated heterocycles. The largest absolute Gasteiger partial charge is 0.338 e. The lowest BCUT2D eigenvalue weighted by Gasteiger charge is -2.21. The molecule has 0 radical (unpaired) electrons. The van der Waals surface area contributed by atoms with Crippen LogP contribution in [0.2, 0.25) is 0 Å². The summed E-state index contributed by atoms with van der Waals surface area (Å²) in [5, 5.41) is 3.20. The molecule has 1 amide bonds. The summed E-state index contributed by atoms with van der Waals surface area (Å²) in [7, 11) is 1.82. The van der Waals surface area contributed by atoms with Crippen LogP contribution >= 0.6 is 0 Å². The Morgan fingerprint density at radius 1 is 1.82 bits per heavy atom. The molecule has 0 saturated carbocycles. The van der Waals surface area contributed by atoms with Crippen molar-refractivity contribution in [2.24, 2.45) is 0 Å². The second kappa shape index (κ2) is 3.53. The van der Waals surface area contributed by atoms with Crippen molar-refractivity contribution in [2.45, 2.75) is 12.5 Å². The molecule has 3 heteroatoms. The van der Waals surface area contributed by atoms with Gasteiger partial charge in [-0.1, -0.05) is 6.58 Å². The van der Waals surface area contributed by atoms with Crippen LogP contribution in [0, 0.1) is 0 Å². The summed E-state index contributed by atoms with van der Waals surface area (Å²) in [5.41, 5.74) is 0. The van der Waals surface area contributed by atoms with Crippen molar-refractivity contribution < 1.29 is 4.79 Å². The van der Waals surface area contributed by atoms with Gasteiger partial charge in [-0.15, -0.1) is 0 Å². The minimum Gasteiger partial charge on any atom is -0.338 e. The van der Waals surface area contributed by atoms with Crippen LogP contribution < -0.4 is 5.32 Å². The van der Waals surface area contributed by atoms with E-state index >= 15 is 0 Å². The van der Waals surface area contributed by atoms with E-state index < -0.39 is 0 Å². The Morgan fingerprint density at radius 3 is 3.00 bits per heavy atom. The number of hydrogen-bond acceptors (Lipinski definition) is 2. The molecule has 0 spiro atoms. The van der Waals surface area contributed by atoms with E-state index in [9.17, 15) is 4.79 Å². The summed E-state index contributed by atoms with van der Waals surface area (Å²) in [4.78, 5) is 12.8. The highest BCUT2D eigenvalue weighted by Crippen LogP contribution is 2.05. The number of hydrogen-bond donors (Lipinski definition) is 1. The van der Waals surface area contributed by atoms with Gasteiger partial charge in [0.1, 0.15) is 0 Å². The van der Waals surface area contributed by atoms with Gasteiger partial charge in [-0.05, 0) is 19.0 Å². The Hall–Kier alpha value is -0.830. The standard InChI is InChI=1S/C8H14N2O/c1-3-8(11)10(2)7-4-5-9-6-7/h3,7,9H,1,4-6H2,2H3/t7-/m1/s1. The second-order valence-electron chi connectivity index (χ2n) is 2.80. The van der Waals surface area contributed by atoms with Crippen molar-refractivity contribution in [2.75, 3.05) is 20.1 Å². The smallest absolute Gasteiger partial charge is 0.245 e. The molecule has 1 aliphatic rings. The highest BCUT2D eigenvalue weighted by atomic mass is 16.2. The van der Waals surface area contributed by atoms with Crippen LogP contribution in [0.15, 0.2) is 12.7 Å². The normalized spacial score (nSPS) is 23.2. The molecule has 1 aliphatic heterocycles. The van der Waals surface area contributed by atoms with Crippen molar-refractivity contribution in [1.82, 2.24) is 10.2 Å². The molecule has 62 valence electrons. The SMILES string of the molecule is C=CC(=O)N(C)[C@@H]1CCNC1. The van der Waals surface area contributed by atoms with Crippen LogP contribution in [0.25, 0.3) is 0 Å². The topological polar surface area (TPSA) is 32.3 Å². The van der Waals surface area contributed by atoms with Gasteiger partial charge in [0.25, 0.3) is 0 Å². The highest BCUT2D eigenvalue weighted by Gasteiger charge is 2.20. The molecule has 1 rings (SSSR count). The van der Waals surface area contributed by atoms with E-state index in [1.165, 1.54) is 6.08 Å². The molecule has 1 N–H and O–H groups in total. The third-order valence-corrected chi connectivity index (χ3v) is 2.10. The van der Waals surface area contributed by atoms with Crippen molar-refractivity contribution in [3.05, 3.63) is 12.7 Å². The van der Waals surface area contributed by atoms with Crippen LogP contribution in [0.3, 0.4) is 0 Å². The summed E-state index contributed by atoms with van der Waals surface area (Å²) < 4.78 is 0. The quantitative estimate of drug-likeness (QED) is 0.567. The van der Waals surface area contributed by atoms with Crippen molar-refractivity contribution >= 4 is 5.91 Å². The van der Waals surface area contributed by atoms with Crippen LogP contribution in [-0.4, -0.2) is 37.0 Å². The number of nitrogens with one attached hydrogen (secondary N) is 1. The summed E-state index contributed by atoms with van der Waals surface area (Å²) in [6.45, 7) is 5.37. The first-order valence-electron chi connectivity index (χ1n) is 3.85. The van der Waals surface area contributed by atoms with E-state index in [1.54, 1.807) is 4.90 Å². The van der Waals surface area contributed by atoms with Gasteiger partial charge in [0.2, 0.25) is 5.91 Å². The molecule has 0 aromatic rings. The number of nitrogens with zero attached hydrogens (tertiary/aromatic N) is 1. The lowest BCUT2D eigenvalue weighted by atomic mass is 10.2. The lowest BCUT2D eigenvalue weighted by molar-refractivity contribution is -0.126. The molecule has 0 unspecified atom stereocenters. The third-order valence-electron chi connectivity index (χ3n) is 2.10. The Labute approximate surface area is 67.1 Å². The molecule has 1 fully saturated rings. The van der Waals surface area contributed by atoms with Gasteiger partial charge in [-0.25, -0.2) is 0 Å². The maximum absolute atomic E-state index is 11.1. The predicted octanol–water partition coefficient (Wildman–Crippen LogP) is -0.00730. The Morgan fingerprint density at radius 2 is 2.55 bits per heavy atom. The van der Waals surface area contributed by atoms with Crippen molar-refractivity contribution in [3.63, 3.8) is 0 Å². The molecule has 3 nitrogen and oxygen atoms in total. The monoisotopic (exact) mass is 154 g/mol. The molecule has 1 atom stereocenters. The van der Waals surface area contributed by atoms with Gasteiger partial charge in [0.15, 0.2) is 0 Å². The van der Waals surface area contributed by atoms with Crippen LogP contribution in [0.1, 0.15) is 6.42 Å². The van der Waals surface area contributed by atoms with Crippen molar-refractivity contribution in [3.8, 4) is 0 Å². The van der Waals surface area contributed by atoms with Gasteiger partial charge < -0.3 is 10.2 Å². The van der Waals surface area contributed by atoms with Gasteiger partial charge >= 0.3 is 0 Å². The average Bonchev–Trinajstić information content (AvgIpc) is 2.53. The molecular weight excluding hydrogens is 140 g/mol. The average molecular weight is 154 g/mol. The summed E-state index contributed by atoms with van der Waals surface area (Å²) in [5.74, 6) is 0.0127. The molecule has 0 aromatic heterocycles. The first-order chi connectivity index (χ1) is 5.25. The van der Waals surface area contributed by atoms with Gasteiger partial charge in [0, 0.05) is 19.6 Å². The zero-order valence-corrected chi connectivity index (χ0v) is 6.84. The Balaban J connectivity index is 2.45. The van der Waals surface area contributed by atoms with Crippen molar-refractivity contribution in [1.29, 1.82) is 0 Å². The van der Waals surface area contributed by atoms with Gasteiger partial charge in [0.05, 0.1) is 0 Å². The number of amides is 1. The maximum Gasteiger partial charge on any atom is 0.245 e. The zero-order valence-electron chi connectivity index (χ0n) is 6.84. The Bertz CT molecular complexity index is 161. The molecule has 1 heterocycles. The van der Waals surface area contributed by atoms with E-state index in [4.69, 9.17) is 0 Å². The van der Waals surface area contributed by atoms with Crippen LogP contribution in [0.5, 0.6) is 0 Å². The first kappa shape index (κ1) is 8.27. The van der Waals surface area contributed by atoms with Crippen LogP contribution in [0.4, 0.5) is 0 Å². The summed E-state index contributed by atoms with van der Waals surface area (Å²) in [6, 6.07) is 0.362. The second-order valence-corrected chi connectivity index (χ2v) is 2.80. The lowest BCUT2D eigenvalue weighted by Crippen LogP contribution is -2.37. The van der Waals surface area contributed by atoms with Crippen LogP contribution in [-0.2, 0) is 4.79 Å². The molecule has 0 aliphatic carbocycles. The van der Waals surface area contributed by atoms with E-state index in [0.717, 1.165) is 19.5 Å². The first-order valence-corrected chi connectivity index (χ1v) is 3.85. The predicted molar refractivity (Wildman–Crippen MR) is 44.2 cm³/mol. The van der Waals surface area contributed by atoms with E-state index in [1.807, 2.05) is 7.05 Å². The van der Waals surface area contributed by atoms with Gasteiger partial charge in [-0.3, -0.25) is 4.79 Å². The summed E-state index contributed by atoms with van der Waals surface area (Å²) in [6.07, 6.45) is 2.41. The van der Waals surface area contributed by atoms with Gasteiger partial charge in [-0.2, -0.15) is 0 Å². The zero-order chi connectivity index (χ0) is 8.27. The minimum atomic E-state index is 0.0127. The fraction of sp³-hybridized carbons (Fsp3) is 0.625. The molecule has 11 heavy (non-hydrogen) atoms. The maximum atomic E-state index is 11.1. The van der Waals surface area contributed by atoms with E-state index in [-0.39, 0.29) is 5.91 Å². The third kappa shape index (κ3) is 1.80. The Kier molecular flexibility index (Phi) is 2.65. The summed E-state index contributed by atoms with van der Waals surface area (Å²) >= 11 is 0. The number of carbonyl (C=O) groups excluding carboxylic acids is 1. The highest BCUT2D eigenvalue weighted by molar-refractivity contribution is 5.87. The number of carbonyl (C=O) groups is 1. The number of likely N-dealkylation sites (N-methyl/N-ethyl adjacent to an activating group) is 1. The van der Waals surface area contributed by atoms with E-state index in [0.29, 0.717) is 6.04 Å². The molecule has 0 bridgehead atoms. The van der Waals surface area contributed by atoms with E-state index in [2.05, 4.69) is 11.9 Å². The fourth-order valence-corrected chi connectivity index (χ4v) is 1.29.